The Balaban J connectivity index is 1.51. The van der Waals surface area contributed by atoms with Crippen LogP contribution in [0, 0.1) is 17.5 Å². The number of benzene rings is 2. The lowest BCUT2D eigenvalue weighted by Gasteiger charge is -2.42. The molecule has 3 aromatic rings. The van der Waals surface area contributed by atoms with Crippen LogP contribution < -0.4 is 5.32 Å². The van der Waals surface area contributed by atoms with Gasteiger partial charge in [-0.1, -0.05) is 17.3 Å². The van der Waals surface area contributed by atoms with E-state index in [9.17, 15) is 26.0 Å². The minimum atomic E-state index is -4.36. The van der Waals surface area contributed by atoms with Crippen molar-refractivity contribution in [2.45, 2.75) is 36.3 Å². The number of aromatic nitrogens is 1. The summed E-state index contributed by atoms with van der Waals surface area (Å²) in [6, 6.07) is 7.46. The number of hydrogen-bond acceptors (Lipinski definition) is 6. The second-order valence-corrected chi connectivity index (χ2v) is 10.2. The zero-order valence-electron chi connectivity index (χ0n) is 17.6. The van der Waals surface area contributed by atoms with Gasteiger partial charge in [0.05, 0.1) is 5.69 Å². The van der Waals surface area contributed by atoms with E-state index < -0.39 is 43.6 Å². The molecule has 0 atom stereocenters. The number of hydrogen-bond donors (Lipinski definition) is 1. The molecule has 176 valence electrons. The topological polar surface area (TPSA) is 75.4 Å². The summed E-state index contributed by atoms with van der Waals surface area (Å²) in [6.45, 7) is 2.19. The molecule has 0 radical (unpaired) electrons. The normalized spacial score (nSPS) is 15.9. The van der Waals surface area contributed by atoms with Gasteiger partial charge >= 0.3 is 0 Å². The number of rotatable bonds is 8. The molecule has 1 aliphatic rings. The molecule has 4 rings (SSSR count). The number of alkyl halides is 1. The molecule has 1 N–H and O–H groups in total. The van der Waals surface area contributed by atoms with Gasteiger partial charge in [-0.3, -0.25) is 4.90 Å². The van der Waals surface area contributed by atoms with Gasteiger partial charge in [0.2, 0.25) is 0 Å². The fourth-order valence-electron chi connectivity index (χ4n) is 3.92. The van der Waals surface area contributed by atoms with Gasteiger partial charge in [-0.25, -0.2) is 26.0 Å². The summed E-state index contributed by atoms with van der Waals surface area (Å²) in [4.78, 5) is 0.751. The van der Waals surface area contributed by atoms with E-state index in [1.54, 1.807) is 6.07 Å². The first-order chi connectivity index (χ1) is 15.5. The standard InChI is InChI=1S/C22H21F4N3O3S/c1-22(26)12-29(13-22)10-14-3-2-4-18(23)17(14)9-27-16-7-19(24)21(20(25)8-16)33(30,31)11-15-5-6-32-28-15/h2-8,27H,9-13H2,1H3. The van der Waals surface area contributed by atoms with Crippen molar-refractivity contribution in [3.8, 4) is 0 Å². The third-order valence-electron chi connectivity index (χ3n) is 5.32. The molecule has 2 aromatic carbocycles. The molecule has 0 saturated carbocycles. The Morgan fingerprint density at radius 3 is 2.42 bits per heavy atom. The molecule has 0 aliphatic carbocycles. The van der Waals surface area contributed by atoms with Gasteiger partial charge in [-0.15, -0.1) is 0 Å². The van der Waals surface area contributed by atoms with Crippen LogP contribution in [0.4, 0.5) is 23.2 Å². The zero-order chi connectivity index (χ0) is 23.8. The molecule has 0 bridgehead atoms. The van der Waals surface area contributed by atoms with Crippen molar-refractivity contribution in [2.75, 3.05) is 18.4 Å². The molecule has 0 spiro atoms. The SMILES string of the molecule is CC1(F)CN(Cc2cccc(F)c2CNc2cc(F)c(S(=O)(=O)Cc3ccon3)c(F)c2)C1. The van der Waals surface area contributed by atoms with Gasteiger partial charge < -0.3 is 9.84 Å². The molecule has 0 unspecified atom stereocenters. The van der Waals surface area contributed by atoms with Gasteiger partial charge in [0.25, 0.3) is 0 Å². The van der Waals surface area contributed by atoms with E-state index in [0.717, 1.165) is 18.4 Å². The molecular formula is C22H21F4N3O3S. The molecule has 6 nitrogen and oxygen atoms in total. The van der Waals surface area contributed by atoms with Crippen molar-refractivity contribution in [3.05, 3.63) is 76.9 Å². The lowest BCUT2D eigenvalue weighted by molar-refractivity contribution is -0.0227. The maximum Gasteiger partial charge on any atom is 0.190 e. The zero-order valence-corrected chi connectivity index (χ0v) is 18.4. The van der Waals surface area contributed by atoms with Gasteiger partial charge in [0, 0.05) is 43.5 Å². The average Bonchev–Trinajstić information content (AvgIpc) is 3.17. The van der Waals surface area contributed by atoms with E-state index in [1.807, 2.05) is 4.90 Å². The Kier molecular flexibility index (Phi) is 6.19. The number of sulfone groups is 1. The summed E-state index contributed by atoms with van der Waals surface area (Å²) in [5.74, 6) is -3.80. The highest BCUT2D eigenvalue weighted by Crippen LogP contribution is 2.29. The summed E-state index contributed by atoms with van der Waals surface area (Å²) in [6.07, 6.45) is 1.15. The maximum absolute atomic E-state index is 14.6. The number of nitrogens with one attached hydrogen (secondary N) is 1. The van der Waals surface area contributed by atoms with E-state index in [1.165, 1.54) is 25.1 Å². The molecule has 1 aliphatic heterocycles. The smallest absolute Gasteiger partial charge is 0.190 e. The Labute approximate surface area is 188 Å². The Morgan fingerprint density at radius 1 is 1.12 bits per heavy atom. The second kappa shape index (κ2) is 8.79. The first-order valence-electron chi connectivity index (χ1n) is 10.1. The van der Waals surface area contributed by atoms with Crippen molar-refractivity contribution in [2.24, 2.45) is 0 Å². The number of likely N-dealkylation sites (tertiary alicyclic amines) is 1. The highest BCUT2D eigenvalue weighted by molar-refractivity contribution is 7.90. The fraction of sp³-hybridized carbons (Fsp3) is 0.318. The molecule has 1 aromatic heterocycles. The van der Waals surface area contributed by atoms with Crippen LogP contribution in [0.1, 0.15) is 23.7 Å². The number of halogens is 4. The lowest BCUT2D eigenvalue weighted by Crippen LogP contribution is -2.56. The third kappa shape index (κ3) is 5.19. The van der Waals surface area contributed by atoms with Crippen LogP contribution in [-0.4, -0.2) is 37.2 Å². The van der Waals surface area contributed by atoms with Crippen LogP contribution in [0.5, 0.6) is 0 Å². The van der Waals surface area contributed by atoms with Crippen molar-refractivity contribution >= 4 is 15.5 Å². The van der Waals surface area contributed by atoms with Crippen LogP contribution in [-0.2, 0) is 28.7 Å². The van der Waals surface area contributed by atoms with Crippen molar-refractivity contribution in [3.63, 3.8) is 0 Å². The van der Waals surface area contributed by atoms with Gasteiger partial charge in [-0.2, -0.15) is 0 Å². The van der Waals surface area contributed by atoms with Gasteiger partial charge in [-0.05, 0) is 30.7 Å². The first-order valence-corrected chi connectivity index (χ1v) is 11.7. The quantitative estimate of drug-likeness (QED) is 0.484. The summed E-state index contributed by atoms with van der Waals surface area (Å²) >= 11 is 0. The molecule has 2 heterocycles. The molecule has 0 amide bonds. The Bertz CT molecular complexity index is 1230. The maximum atomic E-state index is 14.6. The number of anilines is 1. The Hall–Kier alpha value is -2.92. The van der Waals surface area contributed by atoms with E-state index >= 15 is 0 Å². The van der Waals surface area contributed by atoms with Crippen LogP contribution >= 0.6 is 0 Å². The lowest BCUT2D eigenvalue weighted by atomic mass is 9.97. The van der Waals surface area contributed by atoms with Gasteiger partial charge in [0.1, 0.15) is 40.0 Å². The first kappa shape index (κ1) is 23.2. The van der Waals surface area contributed by atoms with Gasteiger partial charge in [0.15, 0.2) is 9.84 Å². The van der Waals surface area contributed by atoms with Crippen LogP contribution in [0.2, 0.25) is 0 Å². The van der Waals surface area contributed by atoms with Crippen LogP contribution in [0.3, 0.4) is 0 Å². The van der Waals surface area contributed by atoms with Crippen LogP contribution in [0.15, 0.2) is 52.1 Å². The molecule has 1 fully saturated rings. The largest absolute Gasteiger partial charge is 0.381 e. The molecular weight excluding hydrogens is 462 g/mol. The highest BCUT2D eigenvalue weighted by Gasteiger charge is 2.38. The molecule has 11 heteroatoms. The minimum Gasteiger partial charge on any atom is -0.381 e. The van der Waals surface area contributed by atoms with Crippen LogP contribution in [0.25, 0.3) is 0 Å². The van der Waals surface area contributed by atoms with Crippen molar-refractivity contribution in [1.29, 1.82) is 0 Å². The van der Waals surface area contributed by atoms with Crippen molar-refractivity contribution < 1.29 is 30.5 Å². The minimum absolute atomic E-state index is 0.0124. The van der Waals surface area contributed by atoms with E-state index in [4.69, 9.17) is 0 Å². The van der Waals surface area contributed by atoms with E-state index in [-0.39, 0.29) is 36.6 Å². The predicted octanol–water partition coefficient (Wildman–Crippen LogP) is 4.22. The summed E-state index contributed by atoms with van der Waals surface area (Å²) in [5.41, 5.74) is -0.422. The Morgan fingerprint density at radius 2 is 1.82 bits per heavy atom. The predicted molar refractivity (Wildman–Crippen MR) is 112 cm³/mol. The van der Waals surface area contributed by atoms with E-state index in [2.05, 4.69) is 15.0 Å². The highest BCUT2D eigenvalue weighted by atomic mass is 32.2. The molecule has 33 heavy (non-hydrogen) atoms. The molecule has 1 saturated heterocycles. The summed E-state index contributed by atoms with van der Waals surface area (Å²) in [5, 5.41) is 6.19. The fourth-order valence-corrected chi connectivity index (χ4v) is 5.31. The summed E-state index contributed by atoms with van der Waals surface area (Å²) < 4.78 is 86.8. The summed E-state index contributed by atoms with van der Waals surface area (Å²) in [7, 11) is -4.36. The second-order valence-electron chi connectivity index (χ2n) is 8.31. The average molecular weight is 483 g/mol. The van der Waals surface area contributed by atoms with E-state index in [0.29, 0.717) is 12.1 Å². The monoisotopic (exact) mass is 483 g/mol. The number of nitrogens with zero attached hydrogens (tertiary/aromatic N) is 2. The van der Waals surface area contributed by atoms with Crippen molar-refractivity contribution in [1.82, 2.24) is 10.1 Å². The third-order valence-corrected chi connectivity index (χ3v) is 7.01.